The molecule has 2 aliphatic carbocycles. The van der Waals surface area contributed by atoms with E-state index in [4.69, 9.17) is 0 Å². The summed E-state index contributed by atoms with van der Waals surface area (Å²) in [5, 5.41) is 0. The molecule has 0 aliphatic heterocycles. The number of fused-ring (bicyclic) bond motifs is 1. The fourth-order valence-corrected chi connectivity index (χ4v) is 3.32. The summed E-state index contributed by atoms with van der Waals surface area (Å²) >= 11 is 0. The summed E-state index contributed by atoms with van der Waals surface area (Å²) < 4.78 is 0. The topological polar surface area (TPSA) is 0 Å². The Morgan fingerprint density at radius 1 is 1.00 bits per heavy atom. The van der Waals surface area contributed by atoms with E-state index in [0.717, 1.165) is 11.8 Å². The summed E-state index contributed by atoms with van der Waals surface area (Å²) in [6.45, 7) is 13.8. The first-order valence-corrected chi connectivity index (χ1v) is 8.43. The Balaban J connectivity index is 0.000000247. The molecule has 0 saturated heterocycles. The lowest BCUT2D eigenvalue weighted by molar-refractivity contribution is 0.319. The molecule has 0 spiro atoms. The van der Waals surface area contributed by atoms with Crippen LogP contribution in [-0.4, -0.2) is 0 Å². The lowest BCUT2D eigenvalue weighted by atomic mass is 9.77. The highest BCUT2D eigenvalue weighted by molar-refractivity contribution is 5.42. The predicted molar refractivity (Wildman–Crippen MR) is 89.4 cm³/mol. The summed E-state index contributed by atoms with van der Waals surface area (Å²) in [5.74, 6) is 1.89. The van der Waals surface area contributed by atoms with Gasteiger partial charge in [-0.2, -0.15) is 0 Å². The van der Waals surface area contributed by atoms with Crippen LogP contribution in [-0.2, 0) is 6.42 Å². The van der Waals surface area contributed by atoms with Gasteiger partial charge in [0, 0.05) is 0 Å². The Labute approximate surface area is 126 Å². The average Bonchev–Trinajstić information content (AvgIpc) is 3.11. The molecule has 0 heterocycles. The van der Waals surface area contributed by atoms with Gasteiger partial charge >= 0.3 is 0 Å². The van der Waals surface area contributed by atoms with Crippen LogP contribution in [0, 0.1) is 25.2 Å². The van der Waals surface area contributed by atoms with Crippen LogP contribution in [0.15, 0.2) is 12.1 Å². The molecule has 1 saturated carbocycles. The Bertz CT molecular complexity index is 458. The van der Waals surface area contributed by atoms with Gasteiger partial charge in [0.25, 0.3) is 0 Å². The van der Waals surface area contributed by atoms with Crippen molar-refractivity contribution in [2.75, 3.05) is 0 Å². The molecule has 112 valence electrons. The molecule has 0 amide bonds. The van der Waals surface area contributed by atoms with Gasteiger partial charge in [-0.05, 0) is 66.2 Å². The van der Waals surface area contributed by atoms with E-state index in [1.165, 1.54) is 43.2 Å². The molecule has 1 fully saturated rings. The highest BCUT2D eigenvalue weighted by Crippen LogP contribution is 2.45. The van der Waals surface area contributed by atoms with Crippen molar-refractivity contribution in [3.8, 4) is 0 Å². The van der Waals surface area contributed by atoms with Crippen LogP contribution in [0.2, 0.25) is 0 Å². The molecule has 0 bridgehead atoms. The van der Waals surface area contributed by atoms with E-state index in [-0.39, 0.29) is 0 Å². The quantitative estimate of drug-likeness (QED) is 0.572. The first kappa shape index (κ1) is 15.6. The zero-order valence-electron chi connectivity index (χ0n) is 14.3. The predicted octanol–water partition coefficient (Wildman–Crippen LogP) is 6.19. The molecule has 0 heteroatoms. The molecular formula is C20H32. The van der Waals surface area contributed by atoms with Gasteiger partial charge in [-0.1, -0.05) is 59.1 Å². The second kappa shape index (κ2) is 5.92. The minimum atomic E-state index is 0.410. The van der Waals surface area contributed by atoms with Gasteiger partial charge in [0.05, 0.1) is 0 Å². The van der Waals surface area contributed by atoms with Crippen LogP contribution in [0.25, 0.3) is 0 Å². The van der Waals surface area contributed by atoms with Crippen LogP contribution >= 0.6 is 0 Å². The minimum Gasteiger partial charge on any atom is -0.0651 e. The monoisotopic (exact) mass is 272 g/mol. The maximum absolute atomic E-state index is 2.42. The van der Waals surface area contributed by atoms with E-state index in [0.29, 0.717) is 5.41 Å². The van der Waals surface area contributed by atoms with Crippen LogP contribution in [0.3, 0.4) is 0 Å². The fraction of sp³-hybridized carbons (Fsp3) is 0.700. The maximum atomic E-state index is 2.42. The SMILES string of the molecule is CCC1CC1.Cc1cc2c(cc1C)C(C(C)(C)C)CC2. The molecule has 0 aromatic heterocycles. The number of benzene rings is 1. The first-order valence-electron chi connectivity index (χ1n) is 8.43. The molecule has 20 heavy (non-hydrogen) atoms. The van der Waals surface area contributed by atoms with Crippen LogP contribution < -0.4 is 0 Å². The second-order valence-corrected chi connectivity index (χ2v) is 7.94. The molecule has 3 rings (SSSR count). The highest BCUT2D eigenvalue weighted by atomic mass is 14.4. The molecule has 1 atom stereocenters. The van der Waals surface area contributed by atoms with Gasteiger partial charge in [-0.25, -0.2) is 0 Å². The zero-order valence-corrected chi connectivity index (χ0v) is 14.3. The fourth-order valence-electron chi connectivity index (χ4n) is 3.32. The minimum absolute atomic E-state index is 0.410. The van der Waals surface area contributed by atoms with Crippen molar-refractivity contribution in [3.05, 3.63) is 34.4 Å². The van der Waals surface area contributed by atoms with Gasteiger partial charge < -0.3 is 0 Å². The van der Waals surface area contributed by atoms with Crippen molar-refractivity contribution in [1.82, 2.24) is 0 Å². The third-order valence-corrected chi connectivity index (χ3v) is 5.15. The van der Waals surface area contributed by atoms with Gasteiger partial charge in [-0.3, -0.25) is 0 Å². The van der Waals surface area contributed by atoms with Crippen molar-refractivity contribution in [3.63, 3.8) is 0 Å². The van der Waals surface area contributed by atoms with E-state index >= 15 is 0 Å². The molecule has 1 aromatic rings. The van der Waals surface area contributed by atoms with Gasteiger partial charge in [0.15, 0.2) is 0 Å². The molecule has 0 N–H and O–H groups in total. The third kappa shape index (κ3) is 3.65. The summed E-state index contributed by atoms with van der Waals surface area (Å²) in [6, 6.07) is 4.82. The smallest absolute Gasteiger partial charge is 0.0107 e. The number of rotatable bonds is 1. The summed E-state index contributed by atoms with van der Waals surface area (Å²) in [7, 11) is 0. The Hall–Kier alpha value is -0.780. The lowest BCUT2D eigenvalue weighted by Crippen LogP contribution is -2.15. The Kier molecular flexibility index (Phi) is 4.62. The van der Waals surface area contributed by atoms with Crippen molar-refractivity contribution in [1.29, 1.82) is 0 Å². The molecular weight excluding hydrogens is 240 g/mol. The second-order valence-electron chi connectivity index (χ2n) is 7.94. The van der Waals surface area contributed by atoms with Crippen molar-refractivity contribution in [2.24, 2.45) is 11.3 Å². The third-order valence-electron chi connectivity index (χ3n) is 5.15. The van der Waals surface area contributed by atoms with E-state index in [1.54, 1.807) is 11.1 Å². The van der Waals surface area contributed by atoms with Gasteiger partial charge in [0.1, 0.15) is 0 Å². The average molecular weight is 272 g/mol. The lowest BCUT2D eigenvalue weighted by Gasteiger charge is -2.28. The van der Waals surface area contributed by atoms with Crippen LogP contribution in [0.5, 0.6) is 0 Å². The Morgan fingerprint density at radius 3 is 2.05 bits per heavy atom. The van der Waals surface area contributed by atoms with E-state index in [2.05, 4.69) is 53.7 Å². The number of hydrogen-bond acceptors (Lipinski definition) is 0. The normalized spacial score (nSPS) is 21.2. The summed E-state index contributed by atoms with van der Waals surface area (Å²) in [4.78, 5) is 0. The standard InChI is InChI=1S/C15H22.C5H10/c1-10-8-12-6-7-14(15(3,4)5)13(12)9-11(10)2;1-2-5-3-4-5/h8-9,14H,6-7H2,1-5H3;5H,2-4H2,1H3. The van der Waals surface area contributed by atoms with Gasteiger partial charge in [0.2, 0.25) is 0 Å². The molecule has 1 unspecified atom stereocenters. The summed E-state index contributed by atoms with van der Waals surface area (Å²) in [6.07, 6.45) is 7.05. The summed E-state index contributed by atoms with van der Waals surface area (Å²) in [5.41, 5.74) is 6.52. The number of aryl methyl sites for hydroxylation is 3. The molecule has 2 aliphatic rings. The van der Waals surface area contributed by atoms with Gasteiger partial charge in [-0.15, -0.1) is 0 Å². The van der Waals surface area contributed by atoms with E-state index < -0.39 is 0 Å². The van der Waals surface area contributed by atoms with E-state index in [9.17, 15) is 0 Å². The molecule has 0 nitrogen and oxygen atoms in total. The van der Waals surface area contributed by atoms with Crippen molar-refractivity contribution >= 4 is 0 Å². The highest BCUT2D eigenvalue weighted by Gasteiger charge is 2.32. The molecule has 0 radical (unpaired) electrons. The Morgan fingerprint density at radius 2 is 1.60 bits per heavy atom. The first-order chi connectivity index (χ1) is 9.32. The maximum Gasteiger partial charge on any atom is -0.0107 e. The van der Waals surface area contributed by atoms with Crippen LogP contribution in [0.4, 0.5) is 0 Å². The van der Waals surface area contributed by atoms with Crippen molar-refractivity contribution in [2.45, 2.75) is 79.6 Å². The van der Waals surface area contributed by atoms with Crippen LogP contribution in [0.1, 0.15) is 81.5 Å². The largest absolute Gasteiger partial charge is 0.0651 e. The van der Waals surface area contributed by atoms with E-state index in [1.807, 2.05) is 0 Å². The van der Waals surface area contributed by atoms with Crippen molar-refractivity contribution < 1.29 is 0 Å². The molecule has 1 aromatic carbocycles. The zero-order chi connectivity index (χ0) is 14.9. The number of hydrogen-bond donors (Lipinski definition) is 0.